The SMILES string of the molecule is CCOC(=O)C(O)(c1ccc(N(CC)C(=O)c2ccccc2C)cc1)C(F)(F)F. The summed E-state index contributed by atoms with van der Waals surface area (Å²) >= 11 is 0. The number of nitrogens with zero attached hydrogens (tertiary/aromatic N) is 1. The Kier molecular flexibility index (Phi) is 6.69. The molecule has 156 valence electrons. The first-order valence-electron chi connectivity index (χ1n) is 9.02. The van der Waals surface area contributed by atoms with Gasteiger partial charge < -0.3 is 14.7 Å². The second-order valence-electron chi connectivity index (χ2n) is 6.34. The van der Waals surface area contributed by atoms with E-state index in [2.05, 4.69) is 4.74 Å². The molecule has 0 radical (unpaired) electrons. The third-order valence-electron chi connectivity index (χ3n) is 4.51. The number of ether oxygens (including phenoxy) is 1. The Labute approximate surface area is 166 Å². The molecule has 0 saturated heterocycles. The molecule has 1 unspecified atom stereocenters. The lowest BCUT2D eigenvalue weighted by atomic mass is 9.92. The van der Waals surface area contributed by atoms with E-state index in [1.807, 2.05) is 0 Å². The predicted molar refractivity (Wildman–Crippen MR) is 102 cm³/mol. The monoisotopic (exact) mass is 409 g/mol. The van der Waals surface area contributed by atoms with Gasteiger partial charge >= 0.3 is 12.1 Å². The van der Waals surface area contributed by atoms with Crippen LogP contribution in [0.25, 0.3) is 0 Å². The Balaban J connectivity index is 2.42. The first-order valence-corrected chi connectivity index (χ1v) is 9.02. The molecule has 0 saturated carbocycles. The smallest absolute Gasteiger partial charge is 0.432 e. The average Bonchev–Trinajstić information content (AvgIpc) is 2.68. The molecule has 1 atom stereocenters. The Morgan fingerprint density at radius 1 is 1.03 bits per heavy atom. The summed E-state index contributed by atoms with van der Waals surface area (Å²) in [4.78, 5) is 26.1. The second kappa shape index (κ2) is 8.65. The minimum absolute atomic E-state index is 0.272. The summed E-state index contributed by atoms with van der Waals surface area (Å²) in [6.45, 7) is 4.81. The van der Waals surface area contributed by atoms with Crippen LogP contribution in [0.5, 0.6) is 0 Å². The maximum atomic E-state index is 13.5. The van der Waals surface area contributed by atoms with Crippen molar-refractivity contribution >= 4 is 17.6 Å². The number of aryl methyl sites for hydroxylation is 1. The van der Waals surface area contributed by atoms with Crippen molar-refractivity contribution in [2.24, 2.45) is 0 Å². The number of carbonyl (C=O) groups is 2. The maximum absolute atomic E-state index is 13.5. The van der Waals surface area contributed by atoms with Gasteiger partial charge in [0.1, 0.15) is 0 Å². The van der Waals surface area contributed by atoms with E-state index in [-0.39, 0.29) is 19.1 Å². The second-order valence-corrected chi connectivity index (χ2v) is 6.34. The van der Waals surface area contributed by atoms with Crippen LogP contribution < -0.4 is 4.90 Å². The van der Waals surface area contributed by atoms with Crippen LogP contribution in [0.3, 0.4) is 0 Å². The molecular formula is C21H22F3NO4. The van der Waals surface area contributed by atoms with Gasteiger partial charge in [0.2, 0.25) is 0 Å². The number of rotatable bonds is 6. The first-order chi connectivity index (χ1) is 13.6. The number of benzene rings is 2. The molecule has 5 nitrogen and oxygen atoms in total. The highest BCUT2D eigenvalue weighted by atomic mass is 19.4. The number of esters is 1. The predicted octanol–water partition coefficient (Wildman–Crippen LogP) is 3.97. The molecule has 2 aromatic rings. The van der Waals surface area contributed by atoms with Gasteiger partial charge in [-0.25, -0.2) is 4.79 Å². The summed E-state index contributed by atoms with van der Waals surface area (Å²) in [5.74, 6) is -2.11. The molecule has 0 aliphatic carbocycles. The molecule has 2 aromatic carbocycles. The Morgan fingerprint density at radius 2 is 1.62 bits per heavy atom. The highest BCUT2D eigenvalue weighted by molar-refractivity contribution is 6.07. The van der Waals surface area contributed by atoms with Crippen LogP contribution in [0.2, 0.25) is 0 Å². The molecule has 0 heterocycles. The largest absolute Gasteiger partial charge is 0.463 e. The topological polar surface area (TPSA) is 66.8 Å². The van der Waals surface area contributed by atoms with Crippen molar-refractivity contribution in [3.63, 3.8) is 0 Å². The minimum atomic E-state index is -5.28. The molecule has 1 N–H and O–H groups in total. The van der Waals surface area contributed by atoms with E-state index >= 15 is 0 Å². The summed E-state index contributed by atoms with van der Waals surface area (Å²) < 4.78 is 44.8. The van der Waals surface area contributed by atoms with Crippen LogP contribution in [0.4, 0.5) is 18.9 Å². The summed E-state index contributed by atoms with van der Waals surface area (Å²) in [5.41, 5.74) is -2.92. The third kappa shape index (κ3) is 4.27. The fraction of sp³-hybridized carbons (Fsp3) is 0.333. The van der Waals surface area contributed by atoms with Gasteiger partial charge in [-0.2, -0.15) is 13.2 Å². The highest BCUT2D eigenvalue weighted by Gasteiger charge is 2.62. The van der Waals surface area contributed by atoms with Gasteiger partial charge in [0.25, 0.3) is 11.5 Å². The van der Waals surface area contributed by atoms with E-state index in [0.29, 0.717) is 11.3 Å². The van der Waals surface area contributed by atoms with Crippen LogP contribution in [-0.4, -0.2) is 36.3 Å². The molecule has 0 fully saturated rings. The Bertz CT molecular complexity index is 880. The van der Waals surface area contributed by atoms with Crippen LogP contribution in [0, 0.1) is 6.92 Å². The van der Waals surface area contributed by atoms with Gasteiger partial charge in [0, 0.05) is 23.4 Å². The Morgan fingerprint density at radius 3 is 2.10 bits per heavy atom. The summed E-state index contributed by atoms with van der Waals surface area (Å²) in [5, 5.41) is 10.1. The van der Waals surface area contributed by atoms with Crippen molar-refractivity contribution in [2.45, 2.75) is 32.5 Å². The molecule has 0 aromatic heterocycles. The van der Waals surface area contributed by atoms with Crippen molar-refractivity contribution in [3.05, 3.63) is 65.2 Å². The normalized spacial score (nSPS) is 13.5. The molecular weight excluding hydrogens is 387 g/mol. The number of amides is 1. The number of anilines is 1. The highest BCUT2D eigenvalue weighted by Crippen LogP contribution is 2.40. The zero-order valence-corrected chi connectivity index (χ0v) is 16.3. The molecule has 2 rings (SSSR count). The van der Waals surface area contributed by atoms with Crippen LogP contribution in [0.15, 0.2) is 48.5 Å². The lowest BCUT2D eigenvalue weighted by molar-refractivity contribution is -0.267. The maximum Gasteiger partial charge on any atom is 0.432 e. The van der Waals surface area contributed by atoms with Crippen molar-refractivity contribution in [2.75, 3.05) is 18.1 Å². The van der Waals surface area contributed by atoms with Gasteiger partial charge in [-0.05, 0) is 44.5 Å². The Hall–Kier alpha value is -2.87. The van der Waals surface area contributed by atoms with Crippen molar-refractivity contribution in [1.82, 2.24) is 0 Å². The van der Waals surface area contributed by atoms with Gasteiger partial charge in [-0.15, -0.1) is 0 Å². The van der Waals surface area contributed by atoms with E-state index in [0.717, 1.165) is 17.7 Å². The van der Waals surface area contributed by atoms with E-state index < -0.39 is 23.3 Å². The zero-order valence-electron chi connectivity index (χ0n) is 16.3. The zero-order chi connectivity index (χ0) is 21.8. The third-order valence-corrected chi connectivity index (χ3v) is 4.51. The van der Waals surface area contributed by atoms with Crippen molar-refractivity contribution in [1.29, 1.82) is 0 Å². The number of alkyl halides is 3. The fourth-order valence-corrected chi connectivity index (χ4v) is 2.92. The lowest BCUT2D eigenvalue weighted by Crippen LogP contribution is -2.50. The standard InChI is InChI=1S/C21H22F3NO4/c1-4-25(18(26)17-9-7-6-8-14(17)3)16-12-10-15(11-13-16)20(28,21(22,23)24)19(27)29-5-2/h6-13,28H,4-5H2,1-3H3. The van der Waals surface area contributed by atoms with Crippen LogP contribution >= 0.6 is 0 Å². The molecule has 1 amide bonds. The van der Waals surface area contributed by atoms with E-state index in [4.69, 9.17) is 0 Å². The van der Waals surface area contributed by atoms with E-state index in [1.165, 1.54) is 24.0 Å². The quantitative estimate of drug-likeness (QED) is 0.733. The van der Waals surface area contributed by atoms with E-state index in [1.54, 1.807) is 38.1 Å². The van der Waals surface area contributed by atoms with Gasteiger partial charge in [-0.3, -0.25) is 4.79 Å². The molecule has 0 spiro atoms. The number of carbonyl (C=O) groups excluding carboxylic acids is 2. The first kappa shape index (κ1) is 22.4. The van der Waals surface area contributed by atoms with Gasteiger partial charge in [0.15, 0.2) is 0 Å². The fourth-order valence-electron chi connectivity index (χ4n) is 2.92. The number of aliphatic hydroxyl groups is 1. The molecule has 0 aliphatic heterocycles. The minimum Gasteiger partial charge on any atom is -0.463 e. The number of hydrogen-bond acceptors (Lipinski definition) is 4. The average molecular weight is 409 g/mol. The molecule has 0 bridgehead atoms. The van der Waals surface area contributed by atoms with Crippen molar-refractivity contribution in [3.8, 4) is 0 Å². The van der Waals surface area contributed by atoms with Crippen molar-refractivity contribution < 1.29 is 32.6 Å². The van der Waals surface area contributed by atoms with E-state index in [9.17, 15) is 27.9 Å². The molecule has 0 aliphatic rings. The van der Waals surface area contributed by atoms with Gasteiger partial charge in [-0.1, -0.05) is 30.3 Å². The summed E-state index contributed by atoms with van der Waals surface area (Å²) in [6.07, 6.45) is -5.28. The lowest BCUT2D eigenvalue weighted by Gasteiger charge is -2.29. The number of hydrogen-bond donors (Lipinski definition) is 1. The number of halogens is 3. The molecule has 29 heavy (non-hydrogen) atoms. The molecule has 8 heteroatoms. The summed E-state index contributed by atoms with van der Waals surface area (Å²) in [7, 11) is 0. The summed E-state index contributed by atoms with van der Waals surface area (Å²) in [6, 6.07) is 11.4. The van der Waals surface area contributed by atoms with Gasteiger partial charge in [0.05, 0.1) is 6.61 Å². The van der Waals surface area contributed by atoms with Crippen LogP contribution in [0.1, 0.15) is 35.3 Å². The van der Waals surface area contributed by atoms with Crippen LogP contribution in [-0.2, 0) is 15.1 Å².